The molecular weight excluding hydrogens is 523 g/mol. The molecule has 0 saturated carbocycles. The summed E-state index contributed by atoms with van der Waals surface area (Å²) >= 11 is 0. The number of halogens is 1. The van der Waals surface area contributed by atoms with Crippen molar-refractivity contribution in [3.8, 4) is 11.5 Å². The predicted octanol–water partition coefficient (Wildman–Crippen LogP) is 1.33. The van der Waals surface area contributed by atoms with E-state index in [1.807, 2.05) is 0 Å². The molecule has 5 atom stereocenters. The average molecular weight is 555 g/mol. The highest BCUT2D eigenvalue weighted by atomic mass is 19.1. The van der Waals surface area contributed by atoms with Gasteiger partial charge in [0, 0.05) is 36.4 Å². The Morgan fingerprint density at radius 1 is 1.25 bits per heavy atom. The number of amides is 2. The molecule has 0 spiro atoms. The van der Waals surface area contributed by atoms with E-state index >= 15 is 0 Å². The zero-order valence-corrected chi connectivity index (χ0v) is 21.9. The van der Waals surface area contributed by atoms with Crippen molar-refractivity contribution >= 4 is 18.1 Å². The van der Waals surface area contributed by atoms with E-state index in [0.29, 0.717) is 41.8 Å². The van der Waals surface area contributed by atoms with Gasteiger partial charge in [0.15, 0.2) is 11.5 Å². The summed E-state index contributed by atoms with van der Waals surface area (Å²) in [4.78, 5) is 40.4. The summed E-state index contributed by atoms with van der Waals surface area (Å²) in [6, 6.07) is 7.82. The zero-order chi connectivity index (χ0) is 28.4. The van der Waals surface area contributed by atoms with E-state index in [1.54, 1.807) is 24.3 Å². The van der Waals surface area contributed by atoms with Crippen molar-refractivity contribution in [1.29, 1.82) is 0 Å². The summed E-state index contributed by atoms with van der Waals surface area (Å²) < 4.78 is 30.7. The van der Waals surface area contributed by atoms with E-state index in [-0.39, 0.29) is 43.5 Å². The Kier molecular flexibility index (Phi) is 8.15. The van der Waals surface area contributed by atoms with E-state index < -0.39 is 41.8 Å². The Morgan fingerprint density at radius 3 is 2.67 bits per heavy atom. The van der Waals surface area contributed by atoms with Crippen molar-refractivity contribution in [3.05, 3.63) is 70.6 Å². The van der Waals surface area contributed by atoms with Gasteiger partial charge in [-0.1, -0.05) is 12.1 Å². The topological polar surface area (TPSA) is 135 Å². The first-order valence-electron chi connectivity index (χ1n) is 13.1. The number of hydrogen-bond donors (Lipinski definition) is 3. The molecule has 1 saturated heterocycles. The first kappa shape index (κ1) is 27.8. The number of carbonyl (C=O) groups excluding carboxylic acids is 3. The van der Waals surface area contributed by atoms with Crippen LogP contribution in [0.4, 0.5) is 4.39 Å². The molecule has 212 valence electrons. The van der Waals surface area contributed by atoms with Gasteiger partial charge in [-0.15, -0.1) is 0 Å². The first-order valence-corrected chi connectivity index (χ1v) is 13.1. The van der Waals surface area contributed by atoms with Crippen LogP contribution in [0.2, 0.25) is 0 Å². The van der Waals surface area contributed by atoms with Crippen LogP contribution in [0.3, 0.4) is 0 Å². The highest BCUT2D eigenvalue weighted by Crippen LogP contribution is 2.51. The second-order valence-electron chi connectivity index (χ2n) is 10.1. The molecule has 40 heavy (non-hydrogen) atoms. The Hall–Kier alpha value is -3.80. The molecule has 11 heteroatoms. The van der Waals surface area contributed by atoms with Crippen LogP contribution in [0.1, 0.15) is 33.8 Å². The fourth-order valence-electron chi connectivity index (χ4n) is 5.64. The fraction of sp³-hybridized carbons (Fsp3) is 0.414. The van der Waals surface area contributed by atoms with Crippen LogP contribution >= 0.6 is 0 Å². The average Bonchev–Trinajstić information content (AvgIpc) is 3.64. The number of nitrogens with one attached hydrogen (secondary N) is 1. The fourth-order valence-corrected chi connectivity index (χ4v) is 5.64. The summed E-state index contributed by atoms with van der Waals surface area (Å²) in [5.41, 5.74) is 1.66. The number of methoxy groups -OCH3 is 1. The highest BCUT2D eigenvalue weighted by Gasteiger charge is 2.52. The van der Waals surface area contributed by atoms with Gasteiger partial charge in [0.25, 0.3) is 0 Å². The van der Waals surface area contributed by atoms with Gasteiger partial charge < -0.3 is 34.6 Å². The van der Waals surface area contributed by atoms with Crippen molar-refractivity contribution in [2.75, 3.05) is 33.5 Å². The minimum absolute atomic E-state index is 0.0101. The third-order valence-electron chi connectivity index (χ3n) is 7.60. The van der Waals surface area contributed by atoms with E-state index in [1.165, 1.54) is 30.2 Å². The lowest BCUT2D eigenvalue weighted by atomic mass is 9.77. The van der Waals surface area contributed by atoms with Crippen LogP contribution in [-0.4, -0.2) is 84.9 Å². The standard InChI is InChI=1S/C29H31FN2O8/c1-38-23-11-17(14-34)10-20-24-21(28(36)31-7-8-33)12-22(25(35)27(24)40-26(20)23)32(29(37)18-6-9-39-15-18)13-16-2-4-19(30)5-3-16/h2-5,10-12,14,18,22,24-25,27,33,35H,6-9,13,15H2,1H3,(H,31,36). The SMILES string of the molecule is COc1cc(C=O)cc2c1OC1C2C(C(=O)NCCO)=CC(N(Cc2ccc(F)cc2)C(=O)C2CCOC2)C1O. The van der Waals surface area contributed by atoms with Crippen LogP contribution in [-0.2, 0) is 20.9 Å². The van der Waals surface area contributed by atoms with Crippen molar-refractivity contribution in [1.82, 2.24) is 10.2 Å². The molecule has 3 N–H and O–H groups in total. The third kappa shape index (κ3) is 5.19. The third-order valence-corrected chi connectivity index (χ3v) is 7.60. The molecule has 2 heterocycles. The van der Waals surface area contributed by atoms with Crippen LogP contribution < -0.4 is 14.8 Å². The molecule has 0 bridgehead atoms. The molecule has 0 radical (unpaired) electrons. The van der Waals surface area contributed by atoms with E-state index in [9.17, 15) is 29.0 Å². The van der Waals surface area contributed by atoms with Gasteiger partial charge >= 0.3 is 0 Å². The van der Waals surface area contributed by atoms with Gasteiger partial charge in [-0.05, 0) is 42.3 Å². The molecule has 2 aliphatic heterocycles. The van der Waals surface area contributed by atoms with Crippen molar-refractivity contribution in [3.63, 3.8) is 0 Å². The second kappa shape index (κ2) is 11.7. The first-order chi connectivity index (χ1) is 19.4. The van der Waals surface area contributed by atoms with Gasteiger partial charge in [-0.3, -0.25) is 14.4 Å². The lowest BCUT2D eigenvalue weighted by Crippen LogP contribution is -2.56. The maximum Gasteiger partial charge on any atom is 0.247 e. The van der Waals surface area contributed by atoms with Gasteiger partial charge in [0.2, 0.25) is 11.8 Å². The number of rotatable bonds is 9. The Balaban J connectivity index is 1.60. The zero-order valence-electron chi connectivity index (χ0n) is 21.9. The predicted molar refractivity (Wildman–Crippen MR) is 139 cm³/mol. The van der Waals surface area contributed by atoms with E-state index in [0.717, 1.165) is 0 Å². The van der Waals surface area contributed by atoms with Crippen molar-refractivity contribution < 1.29 is 43.2 Å². The smallest absolute Gasteiger partial charge is 0.247 e. The summed E-state index contributed by atoms with van der Waals surface area (Å²) in [7, 11) is 1.42. The minimum Gasteiger partial charge on any atom is -0.493 e. The Morgan fingerprint density at radius 2 is 2.02 bits per heavy atom. The number of fused-ring (bicyclic) bond motifs is 3. The number of benzene rings is 2. The summed E-state index contributed by atoms with van der Waals surface area (Å²) in [5.74, 6) is -1.85. The van der Waals surface area contributed by atoms with Gasteiger partial charge in [-0.25, -0.2) is 4.39 Å². The quantitative estimate of drug-likeness (QED) is 0.396. The minimum atomic E-state index is -1.28. The number of ether oxygens (including phenoxy) is 3. The molecule has 2 amide bonds. The number of aldehydes is 1. The second-order valence-corrected chi connectivity index (χ2v) is 10.1. The summed E-state index contributed by atoms with van der Waals surface area (Å²) in [6.07, 6.45) is 0.449. The molecule has 5 rings (SSSR count). The molecule has 10 nitrogen and oxygen atoms in total. The van der Waals surface area contributed by atoms with Crippen molar-refractivity contribution in [2.45, 2.75) is 37.1 Å². The Labute approximate surface area is 230 Å². The number of nitrogens with zero attached hydrogens (tertiary/aromatic N) is 1. The van der Waals surface area contributed by atoms with E-state index in [4.69, 9.17) is 14.2 Å². The van der Waals surface area contributed by atoms with Gasteiger partial charge in [0.05, 0.1) is 38.2 Å². The molecule has 5 unspecified atom stereocenters. The van der Waals surface area contributed by atoms with Crippen LogP contribution in [0.5, 0.6) is 11.5 Å². The van der Waals surface area contributed by atoms with E-state index in [2.05, 4.69) is 5.32 Å². The highest BCUT2D eigenvalue weighted by molar-refractivity contribution is 5.96. The normalized spacial score (nSPS) is 24.8. The van der Waals surface area contributed by atoms with Crippen LogP contribution in [0.25, 0.3) is 0 Å². The van der Waals surface area contributed by atoms with Crippen molar-refractivity contribution in [2.24, 2.45) is 5.92 Å². The number of aliphatic hydroxyl groups excluding tert-OH is 2. The number of carbonyl (C=O) groups is 3. The lowest BCUT2D eigenvalue weighted by molar-refractivity contribution is -0.142. The summed E-state index contributed by atoms with van der Waals surface area (Å²) in [6.45, 7) is 0.411. The lowest BCUT2D eigenvalue weighted by Gasteiger charge is -2.41. The number of hydrogen-bond acceptors (Lipinski definition) is 8. The maximum atomic E-state index is 13.8. The van der Waals surface area contributed by atoms with Gasteiger partial charge in [-0.2, -0.15) is 0 Å². The molecule has 2 aromatic carbocycles. The molecule has 3 aliphatic rings. The molecule has 2 aromatic rings. The van der Waals surface area contributed by atoms with Crippen LogP contribution in [0, 0.1) is 11.7 Å². The molecule has 1 aliphatic carbocycles. The maximum absolute atomic E-state index is 13.8. The monoisotopic (exact) mass is 554 g/mol. The Bertz CT molecular complexity index is 1310. The molecule has 1 fully saturated rings. The number of aliphatic hydroxyl groups is 2. The van der Waals surface area contributed by atoms with Crippen LogP contribution in [0.15, 0.2) is 48.0 Å². The largest absolute Gasteiger partial charge is 0.493 e. The van der Waals surface area contributed by atoms with Gasteiger partial charge in [0.1, 0.15) is 24.3 Å². The summed E-state index contributed by atoms with van der Waals surface area (Å²) in [5, 5.41) is 23.7. The molecular formula is C29H31FN2O8. The molecule has 0 aromatic heterocycles.